The zero-order valence-electron chi connectivity index (χ0n) is 14.9. The Bertz CT molecular complexity index is 691. The van der Waals surface area contributed by atoms with Gasteiger partial charge in [0.15, 0.2) is 0 Å². The molecule has 1 heterocycles. The van der Waals surface area contributed by atoms with E-state index in [1.54, 1.807) is 4.90 Å². The van der Waals surface area contributed by atoms with Gasteiger partial charge in [-0.15, -0.1) is 0 Å². The van der Waals surface area contributed by atoms with Crippen molar-refractivity contribution in [2.75, 3.05) is 6.54 Å². The fourth-order valence-corrected chi connectivity index (χ4v) is 4.35. The number of carbonyl (C=O) groups is 1. The predicted octanol–water partition coefficient (Wildman–Crippen LogP) is 3.68. The van der Waals surface area contributed by atoms with Crippen molar-refractivity contribution in [1.82, 2.24) is 4.90 Å². The molecule has 0 radical (unpaired) electrons. The number of aliphatic hydroxyl groups excluding tert-OH is 1. The van der Waals surface area contributed by atoms with Crippen LogP contribution in [0.5, 0.6) is 0 Å². The van der Waals surface area contributed by atoms with Gasteiger partial charge in [-0.05, 0) is 60.3 Å². The topological polar surface area (TPSA) is 66.6 Å². The summed E-state index contributed by atoms with van der Waals surface area (Å²) in [6.45, 7) is 7.80. The van der Waals surface area contributed by atoms with Crippen LogP contribution in [0.15, 0.2) is 29.3 Å². The van der Waals surface area contributed by atoms with Crippen molar-refractivity contribution in [3.8, 4) is 0 Å². The van der Waals surface area contributed by atoms with Crippen LogP contribution < -0.4 is 5.73 Å². The summed E-state index contributed by atoms with van der Waals surface area (Å²) in [5.74, 6) is 0. The first-order valence-electron chi connectivity index (χ1n) is 8.84. The number of urea groups is 1. The van der Waals surface area contributed by atoms with E-state index in [-0.39, 0.29) is 11.4 Å². The lowest BCUT2D eigenvalue weighted by Gasteiger charge is -2.37. The van der Waals surface area contributed by atoms with Crippen LogP contribution >= 0.6 is 0 Å². The highest BCUT2D eigenvalue weighted by atomic mass is 16.3. The van der Waals surface area contributed by atoms with Crippen LogP contribution in [0.1, 0.15) is 62.8 Å². The number of rotatable bonds is 2. The zero-order chi connectivity index (χ0) is 17.5. The van der Waals surface area contributed by atoms with Crippen molar-refractivity contribution in [3.05, 3.63) is 46.0 Å². The Kier molecular flexibility index (Phi) is 4.43. The second-order valence-electron chi connectivity index (χ2n) is 7.87. The first-order chi connectivity index (χ1) is 11.3. The van der Waals surface area contributed by atoms with E-state index in [4.69, 9.17) is 5.73 Å². The van der Waals surface area contributed by atoms with Gasteiger partial charge in [0.2, 0.25) is 0 Å². The number of aliphatic hydroxyl groups is 1. The standard InChI is InChI=1S/C20H28N2O2/c1-13-5-4-9-20(2,3)17(13)18(23)15-7-6-14-8-10-22(19(21)24)12-16(14)11-15/h6-7,11,18,23H,4-5,8-10,12H2,1-3H3,(H2,21,24). The van der Waals surface area contributed by atoms with Gasteiger partial charge in [0.25, 0.3) is 0 Å². The normalized spacial score (nSPS) is 21.4. The molecule has 1 atom stereocenters. The van der Waals surface area contributed by atoms with Crippen LogP contribution in [0.3, 0.4) is 0 Å². The van der Waals surface area contributed by atoms with Crippen molar-refractivity contribution in [2.45, 2.75) is 59.1 Å². The van der Waals surface area contributed by atoms with E-state index in [9.17, 15) is 9.90 Å². The lowest BCUT2D eigenvalue weighted by atomic mass is 9.69. The summed E-state index contributed by atoms with van der Waals surface area (Å²) in [7, 11) is 0. The molecule has 1 unspecified atom stereocenters. The Labute approximate surface area is 144 Å². The Morgan fingerprint density at radius 3 is 2.71 bits per heavy atom. The number of benzene rings is 1. The predicted molar refractivity (Wildman–Crippen MR) is 95.4 cm³/mol. The zero-order valence-corrected chi connectivity index (χ0v) is 14.9. The van der Waals surface area contributed by atoms with E-state index < -0.39 is 6.10 Å². The summed E-state index contributed by atoms with van der Waals surface area (Å²) >= 11 is 0. The highest BCUT2D eigenvalue weighted by Crippen LogP contribution is 2.46. The summed E-state index contributed by atoms with van der Waals surface area (Å²) in [6, 6.07) is 5.81. The number of hydrogen-bond acceptors (Lipinski definition) is 2. The van der Waals surface area contributed by atoms with E-state index in [0.29, 0.717) is 13.1 Å². The summed E-state index contributed by atoms with van der Waals surface area (Å²) in [5, 5.41) is 11.1. The van der Waals surface area contributed by atoms with Gasteiger partial charge in [-0.25, -0.2) is 4.79 Å². The molecule has 0 bridgehead atoms. The highest BCUT2D eigenvalue weighted by molar-refractivity contribution is 5.72. The maximum Gasteiger partial charge on any atom is 0.315 e. The van der Waals surface area contributed by atoms with E-state index in [1.807, 2.05) is 6.07 Å². The number of nitrogens with two attached hydrogens (primary N) is 1. The van der Waals surface area contributed by atoms with Crippen LogP contribution in [0.4, 0.5) is 4.79 Å². The minimum absolute atomic E-state index is 0.0247. The molecule has 1 aromatic carbocycles. The van der Waals surface area contributed by atoms with Crippen molar-refractivity contribution in [1.29, 1.82) is 0 Å². The molecule has 4 heteroatoms. The van der Waals surface area contributed by atoms with Crippen LogP contribution in [0.25, 0.3) is 0 Å². The third-order valence-corrected chi connectivity index (χ3v) is 5.69. The van der Waals surface area contributed by atoms with E-state index >= 15 is 0 Å². The molecule has 1 aliphatic carbocycles. The van der Waals surface area contributed by atoms with Crippen molar-refractivity contribution < 1.29 is 9.90 Å². The molecule has 1 aliphatic heterocycles. The Hall–Kier alpha value is -1.81. The molecule has 2 aliphatic rings. The SMILES string of the molecule is CC1=C(C(O)c2ccc3c(c2)CN(C(N)=O)CC3)C(C)(C)CCC1. The second kappa shape index (κ2) is 6.25. The van der Waals surface area contributed by atoms with Crippen molar-refractivity contribution >= 4 is 6.03 Å². The summed E-state index contributed by atoms with van der Waals surface area (Å²) in [6.07, 6.45) is 3.61. The second-order valence-corrected chi connectivity index (χ2v) is 7.87. The van der Waals surface area contributed by atoms with Crippen molar-refractivity contribution in [2.24, 2.45) is 11.1 Å². The number of nitrogens with zero attached hydrogens (tertiary/aromatic N) is 1. The van der Waals surface area contributed by atoms with Gasteiger partial charge in [-0.3, -0.25) is 0 Å². The maximum atomic E-state index is 11.4. The van der Waals surface area contributed by atoms with Gasteiger partial charge < -0.3 is 15.7 Å². The quantitative estimate of drug-likeness (QED) is 0.813. The number of carbonyl (C=O) groups excluding carboxylic acids is 1. The Morgan fingerprint density at radius 1 is 1.29 bits per heavy atom. The number of allylic oxidation sites excluding steroid dienone is 1. The molecule has 3 rings (SSSR count). The molecule has 0 aromatic heterocycles. The molecule has 0 fully saturated rings. The third kappa shape index (κ3) is 3.07. The van der Waals surface area contributed by atoms with Gasteiger partial charge in [0, 0.05) is 13.1 Å². The van der Waals surface area contributed by atoms with Gasteiger partial charge in [-0.1, -0.05) is 37.6 Å². The molecule has 4 nitrogen and oxygen atoms in total. The van der Waals surface area contributed by atoms with E-state index in [1.165, 1.54) is 17.6 Å². The summed E-state index contributed by atoms with van der Waals surface area (Å²) in [4.78, 5) is 13.1. The van der Waals surface area contributed by atoms with Crippen LogP contribution in [-0.4, -0.2) is 22.6 Å². The monoisotopic (exact) mass is 328 g/mol. The fourth-order valence-electron chi connectivity index (χ4n) is 4.35. The van der Waals surface area contributed by atoms with Crippen LogP contribution in [0, 0.1) is 5.41 Å². The number of hydrogen-bond donors (Lipinski definition) is 2. The molecule has 0 saturated carbocycles. The minimum atomic E-state index is -0.574. The molecule has 24 heavy (non-hydrogen) atoms. The average molecular weight is 328 g/mol. The van der Waals surface area contributed by atoms with Gasteiger partial charge in [-0.2, -0.15) is 0 Å². The smallest absolute Gasteiger partial charge is 0.315 e. The molecule has 2 amide bonds. The number of fused-ring (bicyclic) bond motifs is 1. The fraction of sp³-hybridized carbons (Fsp3) is 0.550. The molecule has 0 saturated heterocycles. The third-order valence-electron chi connectivity index (χ3n) is 5.69. The number of primary amides is 1. The van der Waals surface area contributed by atoms with Gasteiger partial charge >= 0.3 is 6.03 Å². The van der Waals surface area contributed by atoms with Crippen molar-refractivity contribution in [3.63, 3.8) is 0 Å². The Morgan fingerprint density at radius 2 is 2.04 bits per heavy atom. The average Bonchev–Trinajstić information content (AvgIpc) is 2.52. The largest absolute Gasteiger partial charge is 0.384 e. The maximum absolute atomic E-state index is 11.4. The van der Waals surface area contributed by atoms with Gasteiger partial charge in [0.1, 0.15) is 6.10 Å². The minimum Gasteiger partial charge on any atom is -0.384 e. The first-order valence-corrected chi connectivity index (χ1v) is 8.84. The molecule has 130 valence electrons. The summed E-state index contributed by atoms with van der Waals surface area (Å²) in [5.41, 5.74) is 11.2. The lowest BCUT2D eigenvalue weighted by Crippen LogP contribution is -2.39. The van der Waals surface area contributed by atoms with E-state index in [0.717, 1.165) is 36.0 Å². The highest BCUT2D eigenvalue weighted by Gasteiger charge is 2.33. The Balaban J connectivity index is 1.93. The molecular formula is C20H28N2O2. The first kappa shape index (κ1) is 17.0. The molecule has 3 N–H and O–H groups in total. The van der Waals surface area contributed by atoms with Gasteiger partial charge in [0.05, 0.1) is 0 Å². The molecular weight excluding hydrogens is 300 g/mol. The lowest BCUT2D eigenvalue weighted by molar-refractivity contribution is 0.170. The number of amides is 2. The van der Waals surface area contributed by atoms with Crippen LogP contribution in [0.2, 0.25) is 0 Å². The molecule has 0 spiro atoms. The molecule has 1 aromatic rings. The summed E-state index contributed by atoms with van der Waals surface area (Å²) < 4.78 is 0. The van der Waals surface area contributed by atoms with E-state index in [2.05, 4.69) is 32.9 Å². The van der Waals surface area contributed by atoms with Crippen LogP contribution in [-0.2, 0) is 13.0 Å².